The van der Waals surface area contributed by atoms with Crippen LogP contribution in [0.5, 0.6) is 0 Å². The quantitative estimate of drug-likeness (QED) is 0.810. The predicted molar refractivity (Wildman–Crippen MR) is 63.6 cm³/mol. The van der Waals surface area contributed by atoms with Gasteiger partial charge in [-0.3, -0.25) is 9.59 Å². The van der Waals surface area contributed by atoms with Crippen molar-refractivity contribution in [3.05, 3.63) is 22.2 Å². The average molecular weight is 249 g/mol. The summed E-state index contributed by atoms with van der Waals surface area (Å²) >= 11 is 0. The number of anilines is 1. The van der Waals surface area contributed by atoms with Gasteiger partial charge in [-0.15, -0.1) is 0 Å². The minimum atomic E-state index is -0.722. The lowest BCUT2D eigenvalue weighted by atomic mass is 10.3. The molecule has 0 aliphatic heterocycles. The van der Waals surface area contributed by atoms with E-state index in [2.05, 4.69) is 10.4 Å². The van der Waals surface area contributed by atoms with Crippen molar-refractivity contribution in [1.82, 2.24) is 9.78 Å². The Balaban J connectivity index is 2.73. The Morgan fingerprint density at radius 3 is 2.61 bits per heavy atom. The second-order valence-electron chi connectivity index (χ2n) is 3.86. The molecule has 0 aliphatic carbocycles. The summed E-state index contributed by atoms with van der Waals surface area (Å²) in [5, 5.41) is 6.84. The van der Waals surface area contributed by atoms with Crippen molar-refractivity contribution >= 4 is 28.6 Å². The van der Waals surface area contributed by atoms with E-state index < -0.39 is 5.63 Å². The summed E-state index contributed by atoms with van der Waals surface area (Å²) in [6.45, 7) is 4.28. The van der Waals surface area contributed by atoms with E-state index in [1.165, 1.54) is 19.9 Å². The summed E-state index contributed by atoms with van der Waals surface area (Å²) in [4.78, 5) is 33.9. The number of hydrogen-bond donors (Lipinski definition) is 1. The Morgan fingerprint density at radius 2 is 2.06 bits per heavy atom. The SMILES string of the molecule is CC(=O)Nc1cc2c(C)nn(C(C)=O)c2oc1=O. The molecule has 2 rings (SSSR count). The van der Waals surface area contributed by atoms with Gasteiger partial charge in [-0.1, -0.05) is 0 Å². The molecule has 2 heterocycles. The van der Waals surface area contributed by atoms with Crippen molar-refractivity contribution in [3.8, 4) is 0 Å². The van der Waals surface area contributed by atoms with E-state index in [0.29, 0.717) is 11.1 Å². The number of carbonyl (C=O) groups excluding carboxylic acids is 2. The number of amides is 1. The zero-order valence-corrected chi connectivity index (χ0v) is 10.1. The third-order valence-electron chi connectivity index (χ3n) is 2.37. The van der Waals surface area contributed by atoms with Gasteiger partial charge in [0.05, 0.1) is 11.1 Å². The van der Waals surface area contributed by atoms with Crippen LogP contribution < -0.4 is 10.9 Å². The van der Waals surface area contributed by atoms with Crippen LogP contribution in [0.3, 0.4) is 0 Å². The summed E-state index contributed by atoms with van der Waals surface area (Å²) in [6, 6.07) is 1.45. The molecular formula is C11H11N3O4. The molecule has 0 bridgehead atoms. The maximum absolute atomic E-state index is 11.6. The van der Waals surface area contributed by atoms with Crippen molar-refractivity contribution in [2.24, 2.45) is 0 Å². The minimum Gasteiger partial charge on any atom is -0.402 e. The number of hydrogen-bond acceptors (Lipinski definition) is 5. The third-order valence-corrected chi connectivity index (χ3v) is 2.37. The first-order valence-corrected chi connectivity index (χ1v) is 5.22. The lowest BCUT2D eigenvalue weighted by Crippen LogP contribution is -2.15. The average Bonchev–Trinajstić information content (AvgIpc) is 2.56. The van der Waals surface area contributed by atoms with E-state index in [1.54, 1.807) is 6.92 Å². The molecule has 0 fully saturated rings. The number of nitrogens with zero attached hydrogens (tertiary/aromatic N) is 2. The molecule has 18 heavy (non-hydrogen) atoms. The zero-order chi connectivity index (χ0) is 13.4. The van der Waals surface area contributed by atoms with E-state index >= 15 is 0 Å². The summed E-state index contributed by atoms with van der Waals surface area (Å²) in [5.41, 5.74) is -0.0732. The summed E-state index contributed by atoms with van der Waals surface area (Å²) in [7, 11) is 0. The van der Waals surface area contributed by atoms with Gasteiger partial charge in [-0.2, -0.15) is 9.78 Å². The van der Waals surface area contributed by atoms with Gasteiger partial charge in [-0.25, -0.2) is 4.79 Å². The third kappa shape index (κ3) is 1.90. The Labute approximate surface area is 101 Å². The van der Waals surface area contributed by atoms with Gasteiger partial charge in [0, 0.05) is 13.8 Å². The molecule has 2 aromatic heterocycles. The Hall–Kier alpha value is -2.44. The maximum atomic E-state index is 11.6. The fraction of sp³-hybridized carbons (Fsp3) is 0.273. The first-order valence-electron chi connectivity index (χ1n) is 5.22. The van der Waals surface area contributed by atoms with Crippen LogP contribution in [0.2, 0.25) is 0 Å². The normalized spacial score (nSPS) is 10.6. The number of carbonyl (C=O) groups is 2. The minimum absolute atomic E-state index is 0.0289. The van der Waals surface area contributed by atoms with Gasteiger partial charge in [0.25, 0.3) is 0 Å². The van der Waals surface area contributed by atoms with Crippen LogP contribution in [0.4, 0.5) is 5.69 Å². The fourth-order valence-electron chi connectivity index (χ4n) is 1.62. The van der Waals surface area contributed by atoms with Crippen LogP contribution in [-0.2, 0) is 4.79 Å². The maximum Gasteiger partial charge on any atom is 0.361 e. The Kier molecular flexibility index (Phi) is 2.74. The van der Waals surface area contributed by atoms with Crippen molar-refractivity contribution in [3.63, 3.8) is 0 Å². The van der Waals surface area contributed by atoms with Gasteiger partial charge in [-0.05, 0) is 13.0 Å². The molecule has 0 aromatic carbocycles. The smallest absolute Gasteiger partial charge is 0.361 e. The van der Waals surface area contributed by atoms with Crippen LogP contribution in [-0.4, -0.2) is 21.6 Å². The van der Waals surface area contributed by atoms with Crippen molar-refractivity contribution in [2.75, 3.05) is 5.32 Å². The number of aromatic nitrogens is 2. The van der Waals surface area contributed by atoms with E-state index in [-0.39, 0.29) is 23.2 Å². The first-order chi connectivity index (χ1) is 8.40. The van der Waals surface area contributed by atoms with E-state index in [9.17, 15) is 14.4 Å². The van der Waals surface area contributed by atoms with Gasteiger partial charge in [0.1, 0.15) is 5.69 Å². The zero-order valence-electron chi connectivity index (χ0n) is 10.1. The van der Waals surface area contributed by atoms with Crippen LogP contribution >= 0.6 is 0 Å². The summed E-state index contributed by atoms with van der Waals surface area (Å²) in [6.07, 6.45) is 0. The monoisotopic (exact) mass is 249 g/mol. The number of fused-ring (bicyclic) bond motifs is 1. The molecule has 0 saturated carbocycles. The molecule has 7 heteroatoms. The van der Waals surface area contributed by atoms with Crippen molar-refractivity contribution in [1.29, 1.82) is 0 Å². The van der Waals surface area contributed by atoms with Crippen molar-refractivity contribution < 1.29 is 14.0 Å². The molecule has 1 N–H and O–H groups in total. The predicted octanol–water partition coefficient (Wildman–Crippen LogP) is 0.916. The van der Waals surface area contributed by atoms with Gasteiger partial charge < -0.3 is 9.73 Å². The molecule has 0 aliphatic rings. The van der Waals surface area contributed by atoms with Crippen LogP contribution in [0.15, 0.2) is 15.3 Å². The van der Waals surface area contributed by atoms with Crippen LogP contribution in [0.25, 0.3) is 11.1 Å². The van der Waals surface area contributed by atoms with E-state index in [0.717, 1.165) is 4.68 Å². The highest BCUT2D eigenvalue weighted by molar-refractivity contribution is 5.93. The largest absolute Gasteiger partial charge is 0.402 e. The molecule has 0 atom stereocenters. The summed E-state index contributed by atoms with van der Waals surface area (Å²) < 4.78 is 6.03. The van der Waals surface area contributed by atoms with E-state index in [4.69, 9.17) is 4.42 Å². The molecule has 2 aromatic rings. The molecule has 0 saturated heterocycles. The first kappa shape index (κ1) is 12.0. The Morgan fingerprint density at radius 1 is 1.39 bits per heavy atom. The van der Waals surface area contributed by atoms with Gasteiger partial charge >= 0.3 is 5.63 Å². The Bertz CT molecular complexity index is 711. The molecule has 0 radical (unpaired) electrons. The number of aryl methyl sites for hydroxylation is 1. The van der Waals surface area contributed by atoms with Gasteiger partial charge in [0.15, 0.2) is 0 Å². The van der Waals surface area contributed by atoms with Gasteiger partial charge in [0.2, 0.25) is 17.5 Å². The highest BCUT2D eigenvalue weighted by Gasteiger charge is 2.16. The topological polar surface area (TPSA) is 94.2 Å². The molecule has 1 amide bonds. The number of rotatable bonds is 1. The molecule has 7 nitrogen and oxygen atoms in total. The highest BCUT2D eigenvalue weighted by Crippen LogP contribution is 2.19. The molecule has 0 spiro atoms. The summed E-state index contributed by atoms with van der Waals surface area (Å²) in [5.74, 6) is -0.734. The molecular weight excluding hydrogens is 238 g/mol. The number of nitrogens with one attached hydrogen (secondary N) is 1. The standard InChI is InChI=1S/C11H11N3O4/c1-5-8-4-9(12-6(2)15)11(17)18-10(8)14(13-5)7(3)16/h4H,1-3H3,(H,12,15). The molecule has 94 valence electrons. The lowest BCUT2D eigenvalue weighted by Gasteiger charge is -2.00. The second-order valence-corrected chi connectivity index (χ2v) is 3.86. The van der Waals surface area contributed by atoms with E-state index in [1.807, 2.05) is 0 Å². The van der Waals surface area contributed by atoms with Crippen LogP contribution in [0.1, 0.15) is 24.3 Å². The highest BCUT2D eigenvalue weighted by atomic mass is 16.4. The van der Waals surface area contributed by atoms with Crippen LogP contribution in [0, 0.1) is 6.92 Å². The molecule has 0 unspecified atom stereocenters. The second kappa shape index (κ2) is 4.10. The lowest BCUT2D eigenvalue weighted by molar-refractivity contribution is -0.114. The fourth-order valence-corrected chi connectivity index (χ4v) is 1.62. The van der Waals surface area contributed by atoms with Crippen molar-refractivity contribution in [2.45, 2.75) is 20.8 Å².